The van der Waals surface area contributed by atoms with E-state index in [9.17, 15) is 10.1 Å². The number of hydrogen-bond acceptors (Lipinski definition) is 5. The van der Waals surface area contributed by atoms with Gasteiger partial charge >= 0.3 is 5.69 Å². The van der Waals surface area contributed by atoms with E-state index in [0.29, 0.717) is 29.8 Å². The zero-order valence-electron chi connectivity index (χ0n) is 10.2. The van der Waals surface area contributed by atoms with Crippen LogP contribution in [0.5, 0.6) is 0 Å². The fourth-order valence-electron chi connectivity index (χ4n) is 2.32. The van der Waals surface area contributed by atoms with Gasteiger partial charge in [0.2, 0.25) is 0 Å². The van der Waals surface area contributed by atoms with Crippen LogP contribution in [-0.4, -0.2) is 29.2 Å². The predicted molar refractivity (Wildman–Crippen MR) is 71.2 cm³/mol. The zero-order valence-corrected chi connectivity index (χ0v) is 10.2. The number of aromatic nitrogens is 1. The van der Waals surface area contributed by atoms with E-state index in [1.165, 1.54) is 0 Å². The highest BCUT2D eigenvalue weighted by molar-refractivity contribution is 5.94. The fourth-order valence-corrected chi connectivity index (χ4v) is 2.32. The summed E-state index contributed by atoms with van der Waals surface area (Å²) in [6, 6.07) is 7.06. The number of hydrogen-bond donors (Lipinski definition) is 1. The number of pyridine rings is 1. The first-order valence-corrected chi connectivity index (χ1v) is 6.12. The Labute approximate surface area is 109 Å². The molecule has 2 aromatic rings. The van der Waals surface area contributed by atoms with E-state index in [2.05, 4.69) is 10.3 Å². The van der Waals surface area contributed by atoms with Crippen LogP contribution in [0.4, 0.5) is 11.4 Å². The van der Waals surface area contributed by atoms with Crippen LogP contribution in [0.15, 0.2) is 30.5 Å². The molecule has 1 aromatic carbocycles. The van der Waals surface area contributed by atoms with Gasteiger partial charge in [0.15, 0.2) is 0 Å². The molecule has 1 aliphatic rings. The van der Waals surface area contributed by atoms with Crippen molar-refractivity contribution in [2.24, 2.45) is 0 Å². The molecule has 98 valence electrons. The van der Waals surface area contributed by atoms with Gasteiger partial charge < -0.3 is 10.1 Å². The van der Waals surface area contributed by atoms with Gasteiger partial charge in [0.1, 0.15) is 5.69 Å². The summed E-state index contributed by atoms with van der Waals surface area (Å²) in [6.07, 6.45) is 2.49. The molecular formula is C13H13N3O3. The summed E-state index contributed by atoms with van der Waals surface area (Å²) in [5.74, 6) is 0. The van der Waals surface area contributed by atoms with Crippen molar-refractivity contribution in [1.29, 1.82) is 0 Å². The van der Waals surface area contributed by atoms with Crippen molar-refractivity contribution >= 4 is 22.3 Å². The van der Waals surface area contributed by atoms with Crippen molar-refractivity contribution in [2.45, 2.75) is 12.5 Å². The zero-order chi connectivity index (χ0) is 13.2. The number of anilines is 1. The summed E-state index contributed by atoms with van der Waals surface area (Å²) >= 11 is 0. The third kappa shape index (κ3) is 2.22. The standard InChI is InChI=1S/C13H13N3O3/c17-16(18)13-10-2-1-6-14-11(10)3-4-12(13)15-9-5-7-19-8-9/h1-4,6,9,15H,5,7-8H2. The lowest BCUT2D eigenvalue weighted by Gasteiger charge is -2.13. The first kappa shape index (κ1) is 11.9. The van der Waals surface area contributed by atoms with Gasteiger partial charge in [-0.05, 0) is 30.7 Å². The Hall–Kier alpha value is -2.21. The van der Waals surface area contributed by atoms with Crippen LogP contribution in [0.3, 0.4) is 0 Å². The van der Waals surface area contributed by atoms with Gasteiger partial charge in [-0.2, -0.15) is 0 Å². The number of benzene rings is 1. The van der Waals surface area contributed by atoms with Gasteiger partial charge in [0.25, 0.3) is 0 Å². The molecule has 0 aliphatic carbocycles. The van der Waals surface area contributed by atoms with E-state index in [4.69, 9.17) is 4.74 Å². The maximum Gasteiger partial charge on any atom is 0.301 e. The molecule has 1 fully saturated rings. The second kappa shape index (κ2) is 4.81. The minimum atomic E-state index is -0.359. The Kier molecular flexibility index (Phi) is 3.00. The predicted octanol–water partition coefficient (Wildman–Crippen LogP) is 2.34. The molecule has 1 unspecified atom stereocenters. The number of rotatable bonds is 3. The molecule has 1 N–H and O–H groups in total. The second-order valence-corrected chi connectivity index (χ2v) is 4.49. The number of nitro benzene ring substituents is 1. The topological polar surface area (TPSA) is 77.3 Å². The lowest BCUT2D eigenvalue weighted by molar-refractivity contribution is -0.382. The molecule has 0 spiro atoms. The summed E-state index contributed by atoms with van der Waals surface area (Å²) in [5, 5.41) is 15.1. The molecule has 1 saturated heterocycles. The highest BCUT2D eigenvalue weighted by Crippen LogP contribution is 2.33. The highest BCUT2D eigenvalue weighted by Gasteiger charge is 2.23. The lowest BCUT2D eigenvalue weighted by Crippen LogP contribution is -2.19. The largest absolute Gasteiger partial charge is 0.379 e. The smallest absolute Gasteiger partial charge is 0.301 e. The Morgan fingerprint density at radius 3 is 3.05 bits per heavy atom. The minimum Gasteiger partial charge on any atom is -0.379 e. The molecule has 19 heavy (non-hydrogen) atoms. The summed E-state index contributed by atoms with van der Waals surface area (Å²) in [5.41, 5.74) is 1.24. The van der Waals surface area contributed by atoms with E-state index in [0.717, 1.165) is 6.42 Å². The highest BCUT2D eigenvalue weighted by atomic mass is 16.6. The number of nitrogens with one attached hydrogen (secondary N) is 1. The Morgan fingerprint density at radius 1 is 1.42 bits per heavy atom. The van der Waals surface area contributed by atoms with Crippen molar-refractivity contribution in [1.82, 2.24) is 4.98 Å². The average molecular weight is 259 g/mol. The SMILES string of the molecule is O=[N+]([O-])c1c(NC2CCOC2)ccc2ncccc12. The van der Waals surface area contributed by atoms with Crippen molar-refractivity contribution in [3.8, 4) is 0 Å². The molecular weight excluding hydrogens is 246 g/mol. The lowest BCUT2D eigenvalue weighted by atomic mass is 10.1. The fraction of sp³-hybridized carbons (Fsp3) is 0.308. The molecule has 0 bridgehead atoms. The van der Waals surface area contributed by atoms with Crippen LogP contribution in [0, 0.1) is 10.1 Å². The van der Waals surface area contributed by atoms with Gasteiger partial charge in [0, 0.05) is 12.8 Å². The van der Waals surface area contributed by atoms with Crippen molar-refractivity contribution in [2.75, 3.05) is 18.5 Å². The Morgan fingerprint density at radius 2 is 2.32 bits per heavy atom. The van der Waals surface area contributed by atoms with Crippen LogP contribution in [-0.2, 0) is 4.74 Å². The maximum atomic E-state index is 11.3. The summed E-state index contributed by atoms with van der Waals surface area (Å²) in [6.45, 7) is 1.28. The average Bonchev–Trinajstić information content (AvgIpc) is 2.91. The molecule has 2 heterocycles. The molecule has 6 heteroatoms. The normalized spacial score (nSPS) is 18.6. The molecule has 1 aromatic heterocycles. The van der Waals surface area contributed by atoms with Crippen LogP contribution in [0.2, 0.25) is 0 Å². The number of fused-ring (bicyclic) bond motifs is 1. The van der Waals surface area contributed by atoms with Gasteiger partial charge in [0.05, 0.1) is 28.5 Å². The van der Waals surface area contributed by atoms with Crippen molar-refractivity contribution in [3.05, 3.63) is 40.6 Å². The van der Waals surface area contributed by atoms with Crippen LogP contribution < -0.4 is 5.32 Å². The van der Waals surface area contributed by atoms with Gasteiger partial charge in [-0.1, -0.05) is 0 Å². The molecule has 6 nitrogen and oxygen atoms in total. The minimum absolute atomic E-state index is 0.0810. The summed E-state index contributed by atoms with van der Waals surface area (Å²) in [4.78, 5) is 15.1. The van der Waals surface area contributed by atoms with Crippen LogP contribution in [0.1, 0.15) is 6.42 Å². The molecule has 1 atom stereocenters. The third-order valence-electron chi connectivity index (χ3n) is 3.23. The number of ether oxygens (including phenoxy) is 1. The van der Waals surface area contributed by atoms with Crippen molar-refractivity contribution < 1.29 is 9.66 Å². The second-order valence-electron chi connectivity index (χ2n) is 4.49. The maximum absolute atomic E-state index is 11.3. The number of nitro groups is 1. The van der Waals surface area contributed by atoms with Gasteiger partial charge in [-0.25, -0.2) is 0 Å². The number of nitrogens with zero attached hydrogens (tertiary/aromatic N) is 2. The molecule has 3 rings (SSSR count). The third-order valence-corrected chi connectivity index (χ3v) is 3.23. The molecule has 0 amide bonds. The van der Waals surface area contributed by atoms with E-state index < -0.39 is 0 Å². The summed E-state index contributed by atoms with van der Waals surface area (Å²) < 4.78 is 5.27. The van der Waals surface area contributed by atoms with Crippen LogP contribution in [0.25, 0.3) is 10.9 Å². The van der Waals surface area contributed by atoms with E-state index >= 15 is 0 Å². The Balaban J connectivity index is 2.07. The van der Waals surface area contributed by atoms with E-state index in [1.807, 2.05) is 0 Å². The summed E-state index contributed by atoms with van der Waals surface area (Å²) in [7, 11) is 0. The first-order chi connectivity index (χ1) is 9.25. The Bertz CT molecular complexity index is 624. The van der Waals surface area contributed by atoms with Gasteiger partial charge in [-0.3, -0.25) is 15.1 Å². The first-order valence-electron chi connectivity index (χ1n) is 6.12. The van der Waals surface area contributed by atoms with Gasteiger partial charge in [-0.15, -0.1) is 0 Å². The van der Waals surface area contributed by atoms with Crippen molar-refractivity contribution in [3.63, 3.8) is 0 Å². The molecule has 0 radical (unpaired) electrons. The molecule has 0 saturated carbocycles. The van der Waals surface area contributed by atoms with E-state index in [1.54, 1.807) is 30.5 Å². The molecule has 1 aliphatic heterocycles. The van der Waals surface area contributed by atoms with E-state index in [-0.39, 0.29) is 16.7 Å². The quantitative estimate of drug-likeness (QED) is 0.676. The van der Waals surface area contributed by atoms with Crippen LogP contribution >= 0.6 is 0 Å². The monoisotopic (exact) mass is 259 g/mol.